The zero-order valence-corrected chi connectivity index (χ0v) is 14.8. The van der Waals surface area contributed by atoms with Crippen LogP contribution in [-0.4, -0.2) is 37.7 Å². The van der Waals surface area contributed by atoms with E-state index >= 15 is 0 Å². The van der Waals surface area contributed by atoms with Crippen molar-refractivity contribution in [3.63, 3.8) is 0 Å². The summed E-state index contributed by atoms with van der Waals surface area (Å²) in [4.78, 5) is 14.0. The van der Waals surface area contributed by atoms with Crippen molar-refractivity contribution in [2.45, 2.75) is 39.8 Å². The Kier molecular flexibility index (Phi) is 7.69. The monoisotopic (exact) mass is 327 g/mol. The smallest absolute Gasteiger partial charge is 0.251 e. The van der Waals surface area contributed by atoms with Gasteiger partial charge in [-0.25, -0.2) is 0 Å². The fraction of sp³-hybridized carbons (Fsp3) is 0.588. The Hall–Kier alpha value is -1.26. The third-order valence-corrected chi connectivity index (χ3v) is 3.67. The summed E-state index contributed by atoms with van der Waals surface area (Å²) < 4.78 is 10.9. The number of hydrogen-bond acceptors (Lipinski definition) is 3. The summed E-state index contributed by atoms with van der Waals surface area (Å²) in [5.74, 6) is 1.24. The first kappa shape index (κ1) is 18.8. The summed E-state index contributed by atoms with van der Waals surface area (Å²) >= 11 is 6.01. The molecule has 0 aromatic heterocycles. The van der Waals surface area contributed by atoms with E-state index in [-0.39, 0.29) is 5.91 Å². The first-order valence-corrected chi connectivity index (χ1v) is 7.92. The van der Waals surface area contributed by atoms with Gasteiger partial charge in [-0.15, -0.1) is 0 Å². The number of carbonyl (C=O) groups is 1. The second-order valence-corrected chi connectivity index (χ2v) is 6.28. The molecule has 1 rings (SSSR count). The molecule has 22 heavy (non-hydrogen) atoms. The maximum atomic E-state index is 12.3. The summed E-state index contributed by atoms with van der Waals surface area (Å²) in [5, 5.41) is 0.623. The van der Waals surface area contributed by atoms with Crippen LogP contribution in [-0.2, 0) is 16.1 Å². The highest BCUT2D eigenvalue weighted by molar-refractivity contribution is 6.30. The van der Waals surface area contributed by atoms with Crippen molar-refractivity contribution in [1.82, 2.24) is 4.90 Å². The maximum absolute atomic E-state index is 12.3. The van der Waals surface area contributed by atoms with Gasteiger partial charge in [-0.2, -0.15) is 0 Å². The molecule has 0 aliphatic rings. The van der Waals surface area contributed by atoms with Crippen LogP contribution in [0.25, 0.3) is 0 Å². The van der Waals surface area contributed by atoms with E-state index in [0.29, 0.717) is 24.1 Å². The molecular formula is C17H26ClNO3. The van der Waals surface area contributed by atoms with Crippen LogP contribution in [0.3, 0.4) is 0 Å². The molecule has 0 N–H and O–H groups in total. The van der Waals surface area contributed by atoms with Crippen LogP contribution in [0.1, 0.15) is 32.8 Å². The van der Waals surface area contributed by atoms with Gasteiger partial charge in [0, 0.05) is 30.8 Å². The molecule has 0 fully saturated rings. The lowest BCUT2D eigenvalue weighted by Gasteiger charge is -2.23. The predicted octanol–water partition coefficient (Wildman–Crippen LogP) is 3.76. The van der Waals surface area contributed by atoms with E-state index in [1.807, 2.05) is 6.07 Å². The molecule has 5 heteroatoms. The van der Waals surface area contributed by atoms with Crippen molar-refractivity contribution in [3.05, 3.63) is 28.8 Å². The number of hydrogen-bond donors (Lipinski definition) is 0. The van der Waals surface area contributed by atoms with Crippen LogP contribution in [0, 0.1) is 5.92 Å². The standard InChI is InChI=1S/C17H26ClNO3/c1-12(2)8-9-22-13(3)17(20)19(4)11-14-10-15(18)6-7-16(14)21-5/h6-7,10,12-13H,8-9,11H2,1-5H3. The summed E-state index contributed by atoms with van der Waals surface area (Å²) in [6.45, 7) is 7.08. The van der Waals surface area contributed by atoms with Crippen LogP contribution >= 0.6 is 11.6 Å². The first-order valence-electron chi connectivity index (χ1n) is 7.54. The molecule has 1 amide bonds. The van der Waals surface area contributed by atoms with Gasteiger partial charge in [-0.1, -0.05) is 25.4 Å². The summed E-state index contributed by atoms with van der Waals surface area (Å²) in [7, 11) is 3.36. The van der Waals surface area contributed by atoms with Crippen molar-refractivity contribution >= 4 is 17.5 Å². The maximum Gasteiger partial charge on any atom is 0.251 e. The molecule has 0 aliphatic carbocycles. The van der Waals surface area contributed by atoms with Gasteiger partial charge >= 0.3 is 0 Å². The van der Waals surface area contributed by atoms with Gasteiger partial charge < -0.3 is 14.4 Å². The highest BCUT2D eigenvalue weighted by atomic mass is 35.5. The van der Waals surface area contributed by atoms with Crippen molar-refractivity contribution in [1.29, 1.82) is 0 Å². The summed E-state index contributed by atoms with van der Waals surface area (Å²) in [6.07, 6.45) is 0.498. The minimum Gasteiger partial charge on any atom is -0.496 e. The number of amides is 1. The number of halogens is 1. The average Bonchev–Trinajstić information content (AvgIpc) is 2.46. The van der Waals surface area contributed by atoms with Gasteiger partial charge in [0.25, 0.3) is 5.91 Å². The highest BCUT2D eigenvalue weighted by Gasteiger charge is 2.19. The van der Waals surface area contributed by atoms with Crippen LogP contribution in [0.5, 0.6) is 5.75 Å². The molecular weight excluding hydrogens is 302 g/mol. The topological polar surface area (TPSA) is 38.8 Å². The number of rotatable bonds is 8. The molecule has 0 bridgehead atoms. The Morgan fingerprint density at radius 3 is 2.59 bits per heavy atom. The van der Waals surface area contributed by atoms with Crippen molar-refractivity contribution < 1.29 is 14.3 Å². The Morgan fingerprint density at radius 2 is 2.00 bits per heavy atom. The third kappa shape index (κ3) is 5.85. The molecule has 1 atom stereocenters. The molecule has 1 unspecified atom stereocenters. The predicted molar refractivity (Wildman–Crippen MR) is 89.3 cm³/mol. The second kappa shape index (κ2) is 9.01. The molecule has 0 radical (unpaired) electrons. The van der Waals surface area contributed by atoms with Crippen molar-refractivity contribution in [2.75, 3.05) is 20.8 Å². The van der Waals surface area contributed by atoms with E-state index < -0.39 is 6.10 Å². The van der Waals surface area contributed by atoms with Gasteiger partial charge in [0.05, 0.1) is 7.11 Å². The SMILES string of the molecule is COc1ccc(Cl)cc1CN(C)C(=O)C(C)OCCC(C)C. The molecule has 4 nitrogen and oxygen atoms in total. The zero-order chi connectivity index (χ0) is 16.7. The number of nitrogens with zero attached hydrogens (tertiary/aromatic N) is 1. The molecule has 0 saturated carbocycles. The lowest BCUT2D eigenvalue weighted by Crippen LogP contribution is -2.36. The van der Waals surface area contributed by atoms with Crippen LogP contribution in [0.15, 0.2) is 18.2 Å². The Morgan fingerprint density at radius 1 is 1.32 bits per heavy atom. The highest BCUT2D eigenvalue weighted by Crippen LogP contribution is 2.24. The number of likely N-dealkylation sites (N-methyl/N-ethyl adjacent to an activating group) is 1. The normalized spacial score (nSPS) is 12.3. The van der Waals surface area contributed by atoms with Gasteiger partial charge in [0.1, 0.15) is 11.9 Å². The van der Waals surface area contributed by atoms with Crippen LogP contribution < -0.4 is 4.74 Å². The minimum absolute atomic E-state index is 0.0502. The largest absolute Gasteiger partial charge is 0.496 e. The molecule has 1 aromatic carbocycles. The van der Waals surface area contributed by atoms with Crippen LogP contribution in [0.4, 0.5) is 0 Å². The van der Waals surface area contributed by atoms with E-state index in [4.69, 9.17) is 21.1 Å². The lowest BCUT2D eigenvalue weighted by atomic mass is 10.1. The molecule has 0 heterocycles. The minimum atomic E-state index is -0.450. The Bertz CT molecular complexity index is 491. The van der Waals surface area contributed by atoms with E-state index in [1.165, 1.54) is 0 Å². The molecule has 0 aliphatic heterocycles. The van der Waals surface area contributed by atoms with Gasteiger partial charge in [-0.3, -0.25) is 4.79 Å². The Labute approximate surface area is 138 Å². The summed E-state index contributed by atoms with van der Waals surface area (Å²) in [5.41, 5.74) is 0.875. The Balaban J connectivity index is 2.62. The quantitative estimate of drug-likeness (QED) is 0.729. The molecule has 0 saturated heterocycles. The second-order valence-electron chi connectivity index (χ2n) is 5.85. The van der Waals surface area contributed by atoms with E-state index in [9.17, 15) is 4.79 Å². The number of carbonyl (C=O) groups excluding carboxylic acids is 1. The fourth-order valence-corrected chi connectivity index (χ4v) is 2.26. The average molecular weight is 328 g/mol. The molecule has 0 spiro atoms. The van der Waals surface area contributed by atoms with E-state index in [1.54, 1.807) is 38.1 Å². The molecule has 1 aromatic rings. The fourth-order valence-electron chi connectivity index (χ4n) is 2.07. The van der Waals surface area contributed by atoms with Crippen molar-refractivity contribution in [3.8, 4) is 5.75 Å². The van der Waals surface area contributed by atoms with Crippen molar-refractivity contribution in [2.24, 2.45) is 5.92 Å². The number of methoxy groups -OCH3 is 1. The van der Waals surface area contributed by atoms with E-state index in [0.717, 1.165) is 17.7 Å². The van der Waals surface area contributed by atoms with Gasteiger partial charge in [0.2, 0.25) is 0 Å². The lowest BCUT2D eigenvalue weighted by molar-refractivity contribution is -0.142. The van der Waals surface area contributed by atoms with Crippen LogP contribution in [0.2, 0.25) is 5.02 Å². The number of ether oxygens (including phenoxy) is 2. The molecule has 124 valence electrons. The zero-order valence-electron chi connectivity index (χ0n) is 14.1. The third-order valence-electron chi connectivity index (χ3n) is 3.44. The summed E-state index contributed by atoms with van der Waals surface area (Å²) in [6, 6.07) is 5.39. The van der Waals surface area contributed by atoms with Gasteiger partial charge in [-0.05, 0) is 37.5 Å². The van der Waals surface area contributed by atoms with E-state index in [2.05, 4.69) is 13.8 Å². The number of benzene rings is 1. The van der Waals surface area contributed by atoms with Gasteiger partial charge in [0.15, 0.2) is 0 Å². The first-order chi connectivity index (χ1) is 10.3.